The monoisotopic (exact) mass is 233 g/mol. The molecule has 1 unspecified atom stereocenters. The number of amides is 1. The summed E-state index contributed by atoms with van der Waals surface area (Å²) in [6.07, 6.45) is -0.530. The molecule has 1 heterocycles. The molecule has 1 rings (SSSR count). The van der Waals surface area contributed by atoms with Crippen molar-refractivity contribution in [2.75, 3.05) is 13.3 Å². The number of hydrogen-bond donors (Lipinski definition) is 0. The van der Waals surface area contributed by atoms with Crippen LogP contribution >= 0.6 is 0 Å². The van der Waals surface area contributed by atoms with Crippen LogP contribution in [0.2, 0.25) is 0 Å². The van der Waals surface area contributed by atoms with E-state index in [1.807, 2.05) is 0 Å². The minimum atomic E-state index is -0.806. The second-order valence-electron chi connectivity index (χ2n) is 5.42. The van der Waals surface area contributed by atoms with Gasteiger partial charge in [-0.05, 0) is 34.6 Å². The maximum Gasteiger partial charge on any atom is 0.412 e. The smallest absolute Gasteiger partial charge is 0.412 e. The van der Waals surface area contributed by atoms with Crippen LogP contribution in [0, 0.1) is 0 Å². The Kier molecular flexibility index (Phi) is 3.47. The Bertz CT molecular complexity index is 273. The van der Waals surface area contributed by atoms with Crippen molar-refractivity contribution in [3.8, 4) is 0 Å². The van der Waals surface area contributed by atoms with E-state index in [2.05, 4.69) is 0 Å². The van der Waals surface area contributed by atoms with Gasteiger partial charge in [-0.1, -0.05) is 0 Å². The summed E-state index contributed by atoms with van der Waals surface area (Å²) >= 11 is 0. The lowest BCUT2D eigenvalue weighted by Gasteiger charge is -2.34. The minimum Gasteiger partial charge on any atom is -0.444 e. The fourth-order valence-electron chi connectivity index (χ4n) is 1.68. The molecule has 0 aromatic heterocycles. The average molecular weight is 233 g/mol. The van der Waals surface area contributed by atoms with Gasteiger partial charge in [-0.15, -0.1) is 0 Å². The zero-order valence-corrected chi connectivity index (χ0v) is 10.5. The van der Waals surface area contributed by atoms with Crippen molar-refractivity contribution in [1.29, 1.82) is 0 Å². The third kappa shape index (κ3) is 2.84. The molecule has 1 fully saturated rings. The molecule has 1 amide bonds. The van der Waals surface area contributed by atoms with Gasteiger partial charge in [0.25, 0.3) is 0 Å². The molecule has 0 saturated carbocycles. The molecule has 4 nitrogen and oxygen atoms in total. The van der Waals surface area contributed by atoms with Gasteiger partial charge in [0.15, 0.2) is 0 Å². The molecule has 0 N–H and O–H groups in total. The highest BCUT2D eigenvalue weighted by Gasteiger charge is 2.45. The summed E-state index contributed by atoms with van der Waals surface area (Å²) in [4.78, 5) is 13.2. The lowest BCUT2D eigenvalue weighted by molar-refractivity contribution is -0.0631. The van der Waals surface area contributed by atoms with Crippen LogP contribution in [0.3, 0.4) is 0 Å². The van der Waals surface area contributed by atoms with Crippen LogP contribution in [0.5, 0.6) is 0 Å². The highest BCUT2D eigenvalue weighted by Crippen LogP contribution is 2.29. The quantitative estimate of drug-likeness (QED) is 0.697. The van der Waals surface area contributed by atoms with Crippen LogP contribution in [0.15, 0.2) is 0 Å². The topological polar surface area (TPSA) is 38.8 Å². The van der Waals surface area contributed by atoms with Gasteiger partial charge in [0.1, 0.15) is 18.0 Å². The molecular weight excluding hydrogens is 213 g/mol. The molecule has 16 heavy (non-hydrogen) atoms. The van der Waals surface area contributed by atoms with Gasteiger partial charge >= 0.3 is 6.09 Å². The molecule has 1 atom stereocenters. The van der Waals surface area contributed by atoms with Crippen LogP contribution in [0.4, 0.5) is 9.18 Å². The van der Waals surface area contributed by atoms with Gasteiger partial charge in [0.2, 0.25) is 0 Å². The first kappa shape index (κ1) is 13.2. The number of rotatable bonds is 1. The summed E-state index contributed by atoms with van der Waals surface area (Å²) in [5.74, 6) is 0. The van der Waals surface area contributed by atoms with Crippen molar-refractivity contribution >= 4 is 6.09 Å². The number of halogens is 1. The normalized spacial score (nSPS) is 24.6. The van der Waals surface area contributed by atoms with E-state index in [-0.39, 0.29) is 6.61 Å². The molecule has 94 valence electrons. The van der Waals surface area contributed by atoms with Gasteiger partial charge in [0.05, 0.1) is 12.6 Å². The third-order valence-corrected chi connectivity index (χ3v) is 2.34. The predicted molar refractivity (Wildman–Crippen MR) is 57.9 cm³/mol. The van der Waals surface area contributed by atoms with Gasteiger partial charge in [-0.25, -0.2) is 9.18 Å². The van der Waals surface area contributed by atoms with Crippen molar-refractivity contribution in [2.24, 2.45) is 0 Å². The second kappa shape index (κ2) is 4.20. The Morgan fingerprint density at radius 3 is 2.56 bits per heavy atom. The molecule has 1 aliphatic heterocycles. The average Bonchev–Trinajstić information content (AvgIpc) is 2.37. The zero-order chi connectivity index (χ0) is 12.6. The lowest BCUT2D eigenvalue weighted by atomic mass is 10.2. The molecule has 0 radical (unpaired) electrons. The Morgan fingerprint density at radius 2 is 2.12 bits per heavy atom. The first-order valence-corrected chi connectivity index (χ1v) is 5.39. The summed E-state index contributed by atoms with van der Waals surface area (Å²) in [5.41, 5.74) is -1.39. The summed E-state index contributed by atoms with van der Waals surface area (Å²) in [6.45, 7) is 8.38. The van der Waals surface area contributed by atoms with Crippen LogP contribution in [0.1, 0.15) is 34.6 Å². The number of carbonyl (C=O) groups excluding carboxylic acids is 1. The molecule has 0 aromatic rings. The predicted octanol–water partition coefficient (Wildman–Crippen LogP) is 2.33. The van der Waals surface area contributed by atoms with Crippen LogP contribution in [-0.4, -0.2) is 41.6 Å². The molecule has 0 aromatic carbocycles. The molecule has 0 bridgehead atoms. The summed E-state index contributed by atoms with van der Waals surface area (Å²) < 4.78 is 23.4. The lowest BCUT2D eigenvalue weighted by Crippen LogP contribution is -2.50. The van der Waals surface area contributed by atoms with Crippen molar-refractivity contribution < 1.29 is 18.7 Å². The Morgan fingerprint density at radius 1 is 1.56 bits per heavy atom. The first-order valence-electron chi connectivity index (χ1n) is 5.39. The molecule has 0 spiro atoms. The van der Waals surface area contributed by atoms with Gasteiger partial charge in [-0.3, -0.25) is 4.90 Å². The number of hydrogen-bond acceptors (Lipinski definition) is 3. The van der Waals surface area contributed by atoms with E-state index in [0.717, 1.165) is 0 Å². The van der Waals surface area contributed by atoms with Gasteiger partial charge in [0, 0.05) is 0 Å². The van der Waals surface area contributed by atoms with Crippen molar-refractivity contribution in [2.45, 2.75) is 52.0 Å². The van der Waals surface area contributed by atoms with Gasteiger partial charge in [-0.2, -0.15) is 0 Å². The van der Waals surface area contributed by atoms with Gasteiger partial charge < -0.3 is 9.47 Å². The highest BCUT2D eigenvalue weighted by atomic mass is 19.1. The van der Waals surface area contributed by atoms with Crippen LogP contribution < -0.4 is 0 Å². The first-order chi connectivity index (χ1) is 7.17. The van der Waals surface area contributed by atoms with Crippen molar-refractivity contribution in [3.05, 3.63) is 0 Å². The Labute approximate surface area is 95.7 Å². The summed E-state index contributed by atoms with van der Waals surface area (Å²) in [7, 11) is 0. The minimum absolute atomic E-state index is 0.211. The number of ether oxygens (including phenoxy) is 2. The van der Waals surface area contributed by atoms with E-state index in [9.17, 15) is 9.18 Å². The molecule has 5 heteroatoms. The standard InChI is InChI=1S/C11H20FNO3/c1-10(2,3)16-9(14)13-8(6-12)7-15-11(13,4)5/h8H,6-7H2,1-5H3. The fraction of sp³-hybridized carbons (Fsp3) is 0.909. The van der Waals surface area contributed by atoms with E-state index in [4.69, 9.17) is 9.47 Å². The number of alkyl halides is 1. The zero-order valence-electron chi connectivity index (χ0n) is 10.5. The Hall–Kier alpha value is -0.840. The van der Waals surface area contributed by atoms with Crippen LogP contribution in [0.25, 0.3) is 0 Å². The summed E-state index contributed by atoms with van der Waals surface area (Å²) in [6, 6.07) is -0.551. The van der Waals surface area contributed by atoms with Crippen molar-refractivity contribution in [3.63, 3.8) is 0 Å². The van der Waals surface area contributed by atoms with Crippen molar-refractivity contribution in [1.82, 2.24) is 4.90 Å². The largest absolute Gasteiger partial charge is 0.444 e. The van der Waals surface area contributed by atoms with E-state index < -0.39 is 30.1 Å². The maximum absolute atomic E-state index is 12.8. The highest BCUT2D eigenvalue weighted by molar-refractivity contribution is 5.69. The SMILES string of the molecule is CC(C)(C)OC(=O)N1C(CF)COC1(C)C. The maximum atomic E-state index is 12.8. The Balaban J connectivity index is 2.79. The molecule has 1 aliphatic rings. The molecule has 0 aliphatic carbocycles. The molecule has 1 saturated heterocycles. The van der Waals surface area contributed by atoms with E-state index >= 15 is 0 Å². The van der Waals surface area contributed by atoms with Crippen LogP contribution in [-0.2, 0) is 9.47 Å². The summed E-state index contributed by atoms with van der Waals surface area (Å²) in [5, 5.41) is 0. The second-order valence-corrected chi connectivity index (χ2v) is 5.42. The van der Waals surface area contributed by atoms with E-state index in [1.54, 1.807) is 34.6 Å². The number of carbonyl (C=O) groups is 1. The number of nitrogens with zero attached hydrogens (tertiary/aromatic N) is 1. The molecular formula is C11H20FNO3. The third-order valence-electron chi connectivity index (χ3n) is 2.34. The van der Waals surface area contributed by atoms with E-state index in [1.165, 1.54) is 4.90 Å². The fourth-order valence-corrected chi connectivity index (χ4v) is 1.68. The van der Waals surface area contributed by atoms with E-state index in [0.29, 0.717) is 0 Å².